The number of hydrogen-bond donors (Lipinski definition) is 2. The summed E-state index contributed by atoms with van der Waals surface area (Å²) in [7, 11) is 0.795. The summed E-state index contributed by atoms with van der Waals surface area (Å²) in [6, 6.07) is 57.2. The predicted octanol–water partition coefficient (Wildman–Crippen LogP) is 15.6. The lowest BCUT2D eigenvalue weighted by Crippen LogP contribution is -2.39. The molecule has 1 atom stereocenters. The second kappa shape index (κ2) is 20.0. The van der Waals surface area contributed by atoms with Crippen LogP contribution in [0.1, 0.15) is 136 Å². The number of rotatable bonds is 14. The third-order valence-corrected chi connectivity index (χ3v) is 16.7. The van der Waals surface area contributed by atoms with Gasteiger partial charge in [-0.25, -0.2) is 0 Å². The van der Waals surface area contributed by atoms with Gasteiger partial charge in [0.1, 0.15) is 0 Å². The minimum Gasteiger partial charge on any atom is -0.378 e. The molecule has 0 bridgehead atoms. The number of H-pyrrole nitrogens is 1. The minimum atomic E-state index is -0.549. The van der Waals surface area contributed by atoms with E-state index in [-0.39, 0.29) is 11.5 Å². The molecule has 2 N–H and O–H groups in total. The first-order valence-electron chi connectivity index (χ1n) is 26.7. The quantitative estimate of drug-likeness (QED) is 0.0825. The normalized spacial score (nSPS) is 14.5. The Morgan fingerprint density at radius 2 is 1.31 bits per heavy atom. The first-order chi connectivity index (χ1) is 34.8. The molecule has 0 fully saturated rings. The molecule has 2 nitrogen and oxygen atoms in total. The molecule has 0 saturated carbocycles. The highest BCUT2D eigenvalue weighted by Crippen LogP contribution is 2.48. The van der Waals surface area contributed by atoms with Gasteiger partial charge in [0, 0.05) is 17.1 Å². The Morgan fingerprint density at radius 1 is 0.639 bits per heavy atom. The van der Waals surface area contributed by atoms with Crippen LogP contribution in [0, 0.1) is 47.5 Å². The average molecular weight is 941 g/mol. The van der Waals surface area contributed by atoms with Gasteiger partial charge in [0.15, 0.2) is 7.28 Å². The van der Waals surface area contributed by atoms with Crippen molar-refractivity contribution < 1.29 is 0 Å². The van der Waals surface area contributed by atoms with Crippen molar-refractivity contribution in [2.45, 2.75) is 118 Å². The fraction of sp³-hybridized carbons (Fsp3) is 0.275. The van der Waals surface area contributed by atoms with Crippen molar-refractivity contribution >= 4 is 41.6 Å². The Labute approximate surface area is 432 Å². The third-order valence-electron chi connectivity index (χ3n) is 16.7. The van der Waals surface area contributed by atoms with Crippen LogP contribution in [0.15, 0.2) is 158 Å². The molecule has 0 radical (unpaired) electrons. The molecule has 3 heteroatoms. The zero-order chi connectivity index (χ0) is 50.3. The Kier molecular flexibility index (Phi) is 13.5. The molecule has 0 spiro atoms. The number of anilines is 1. The summed E-state index contributed by atoms with van der Waals surface area (Å²) in [5.41, 5.74) is 28.7. The standard InChI is InChI=1S/C69H73BN2/c1-44(2)38-39-68(9,10)59-37-36-53(40-47(59)5)71-65-42-57-55-31-20-22-35-63(55)72-64(57)43-58(65)66-49(7)56(54-30-19-17-24-45(54)3)41-48(6)67(66)70-62-34-23-33-61(50(62)8)69(51-26-13-11-14-27-51,52-28-15-12-16-29-52)60-32-21-18-25-46(60)4/h11-21,23-34,36-37,40-41,43-44,65,70-72H,22,35,38-39,42H2,1-10H3. The van der Waals surface area contributed by atoms with Gasteiger partial charge in [-0.3, -0.25) is 0 Å². The third kappa shape index (κ3) is 8.95. The fourth-order valence-electron chi connectivity index (χ4n) is 12.8. The maximum Gasteiger partial charge on any atom is 0.193 e. The number of benzene rings is 7. The highest BCUT2D eigenvalue weighted by atomic mass is 14.9. The van der Waals surface area contributed by atoms with Crippen molar-refractivity contribution in [3.05, 3.63) is 247 Å². The van der Waals surface area contributed by atoms with Crippen LogP contribution in [0.25, 0.3) is 28.9 Å². The van der Waals surface area contributed by atoms with Crippen molar-refractivity contribution in [2.75, 3.05) is 5.32 Å². The maximum atomic E-state index is 4.24. The molecule has 7 aromatic carbocycles. The second-order valence-electron chi connectivity index (χ2n) is 22.3. The van der Waals surface area contributed by atoms with Crippen LogP contribution in [0.3, 0.4) is 0 Å². The zero-order valence-corrected chi connectivity index (χ0v) is 44.6. The van der Waals surface area contributed by atoms with Crippen LogP contribution in [0.5, 0.6) is 0 Å². The highest BCUT2D eigenvalue weighted by molar-refractivity contribution is 6.69. The van der Waals surface area contributed by atoms with Gasteiger partial charge in [0.2, 0.25) is 0 Å². The lowest BCUT2D eigenvalue weighted by Gasteiger charge is -2.39. The van der Waals surface area contributed by atoms with Crippen molar-refractivity contribution in [1.29, 1.82) is 0 Å². The molecule has 2 aliphatic rings. The monoisotopic (exact) mass is 941 g/mol. The number of nitrogens with one attached hydrogen (secondary N) is 2. The molecule has 8 aromatic rings. The van der Waals surface area contributed by atoms with Gasteiger partial charge >= 0.3 is 0 Å². The van der Waals surface area contributed by atoms with Gasteiger partial charge in [0.05, 0.1) is 11.5 Å². The van der Waals surface area contributed by atoms with Gasteiger partial charge < -0.3 is 10.3 Å². The summed E-state index contributed by atoms with van der Waals surface area (Å²) in [5.74, 6) is 0.686. The highest BCUT2D eigenvalue weighted by Gasteiger charge is 2.41. The smallest absolute Gasteiger partial charge is 0.193 e. The van der Waals surface area contributed by atoms with Gasteiger partial charge in [0.25, 0.3) is 0 Å². The van der Waals surface area contributed by atoms with Crippen molar-refractivity contribution in [3.63, 3.8) is 0 Å². The molecule has 2 aliphatic carbocycles. The number of aromatic nitrogens is 1. The Hall–Kier alpha value is -6.84. The van der Waals surface area contributed by atoms with Crippen molar-refractivity contribution in [3.8, 4) is 11.1 Å². The molecule has 1 heterocycles. The van der Waals surface area contributed by atoms with E-state index in [9.17, 15) is 0 Å². The molecule has 1 aromatic heterocycles. The van der Waals surface area contributed by atoms with Crippen LogP contribution in [-0.4, -0.2) is 18.3 Å². The van der Waals surface area contributed by atoms with Crippen LogP contribution < -0.4 is 16.2 Å². The van der Waals surface area contributed by atoms with Crippen LogP contribution in [0.4, 0.5) is 5.69 Å². The molecule has 72 heavy (non-hydrogen) atoms. The van der Waals surface area contributed by atoms with Crippen molar-refractivity contribution in [2.24, 2.45) is 5.92 Å². The molecule has 0 saturated heterocycles. The molecule has 0 amide bonds. The number of fused-ring (bicyclic) bond motifs is 3. The molecular weight excluding hydrogens is 868 g/mol. The first kappa shape index (κ1) is 48.8. The summed E-state index contributed by atoms with van der Waals surface area (Å²) in [6.45, 7) is 23.5. The van der Waals surface area contributed by atoms with Gasteiger partial charge in [-0.2, -0.15) is 0 Å². The summed E-state index contributed by atoms with van der Waals surface area (Å²) in [4.78, 5) is 3.98. The van der Waals surface area contributed by atoms with E-state index in [1.54, 1.807) is 0 Å². The lowest BCUT2D eigenvalue weighted by atomic mass is 9.55. The number of hydrogen-bond acceptors (Lipinski definition) is 1. The Morgan fingerprint density at radius 3 is 1.99 bits per heavy atom. The lowest BCUT2D eigenvalue weighted by molar-refractivity contribution is 0.413. The molecule has 0 aliphatic heterocycles. The largest absolute Gasteiger partial charge is 0.378 e. The van der Waals surface area contributed by atoms with Gasteiger partial charge in [-0.15, -0.1) is 0 Å². The number of aryl methyl sites for hydroxylation is 5. The van der Waals surface area contributed by atoms with Crippen LogP contribution in [-0.2, 0) is 23.7 Å². The van der Waals surface area contributed by atoms with Crippen LogP contribution >= 0.6 is 0 Å². The number of allylic oxidation sites excluding steroid dienone is 1. The van der Waals surface area contributed by atoms with E-state index in [4.69, 9.17) is 0 Å². The van der Waals surface area contributed by atoms with Gasteiger partial charge in [-0.05, 0) is 180 Å². The molecular formula is C69H73BN2. The van der Waals surface area contributed by atoms with Crippen LogP contribution in [0.2, 0.25) is 0 Å². The van der Waals surface area contributed by atoms with E-state index in [0.717, 1.165) is 26.5 Å². The second-order valence-corrected chi connectivity index (χ2v) is 22.3. The summed E-state index contributed by atoms with van der Waals surface area (Å²) in [6.07, 6.45) is 12.7. The molecule has 10 rings (SSSR count). The van der Waals surface area contributed by atoms with Crippen molar-refractivity contribution in [1.82, 2.24) is 4.98 Å². The van der Waals surface area contributed by atoms with E-state index < -0.39 is 5.41 Å². The van der Waals surface area contributed by atoms with E-state index >= 15 is 0 Å². The topological polar surface area (TPSA) is 27.8 Å². The Bertz CT molecular complexity index is 3300. The van der Waals surface area contributed by atoms with Gasteiger partial charge in [-0.1, -0.05) is 208 Å². The predicted molar refractivity (Wildman–Crippen MR) is 312 cm³/mol. The minimum absolute atomic E-state index is 0.0354. The fourth-order valence-corrected chi connectivity index (χ4v) is 12.8. The molecule has 1 unspecified atom stereocenters. The Balaban J connectivity index is 1.18. The SMILES string of the molecule is Cc1ccccc1-c1cc(C)c(Bc2cccc(C(c3ccccc3)(c3ccccc3)c3ccccc3C)c2C)c(C2=Cc3[nH]c4c(c3CC2Nc2ccc(C(C)(C)CCC(C)C)c(C)c2)C=CCC4)c1C. The van der Waals surface area contributed by atoms with E-state index in [1.807, 2.05) is 0 Å². The summed E-state index contributed by atoms with van der Waals surface area (Å²) >= 11 is 0. The first-order valence-corrected chi connectivity index (χ1v) is 26.7. The maximum absolute atomic E-state index is 4.24. The summed E-state index contributed by atoms with van der Waals surface area (Å²) < 4.78 is 0. The van der Waals surface area contributed by atoms with E-state index in [0.29, 0.717) is 5.92 Å². The zero-order valence-electron chi connectivity index (χ0n) is 44.6. The summed E-state index contributed by atoms with van der Waals surface area (Å²) in [5, 5.41) is 4.24. The molecule has 362 valence electrons. The van der Waals surface area contributed by atoms with E-state index in [2.05, 4.69) is 249 Å². The average Bonchev–Trinajstić information content (AvgIpc) is 3.74. The number of aromatic amines is 1. The van der Waals surface area contributed by atoms with E-state index in [1.165, 1.54) is 135 Å².